The number of rotatable bonds is 1. The zero-order chi connectivity index (χ0) is 12.5. The van der Waals surface area contributed by atoms with E-state index in [1.165, 1.54) is 5.56 Å². The van der Waals surface area contributed by atoms with Crippen molar-refractivity contribution in [3.05, 3.63) is 65.9 Å². The molecule has 18 heavy (non-hydrogen) atoms. The molecule has 90 valence electrons. The van der Waals surface area contributed by atoms with Gasteiger partial charge in [-0.15, -0.1) is 0 Å². The second-order valence-corrected chi connectivity index (χ2v) is 4.74. The number of carbonyl (C=O) groups is 1. The summed E-state index contributed by atoms with van der Waals surface area (Å²) < 4.78 is 0. The summed E-state index contributed by atoms with van der Waals surface area (Å²) in [5.41, 5.74) is 3.24. The lowest BCUT2D eigenvalue weighted by Crippen LogP contribution is -2.22. The molecular weight excluding hydrogens is 222 g/mol. The van der Waals surface area contributed by atoms with Gasteiger partial charge in [-0.2, -0.15) is 0 Å². The summed E-state index contributed by atoms with van der Waals surface area (Å²) >= 11 is 0. The number of fused-ring (bicyclic) bond motifs is 1. The van der Waals surface area contributed by atoms with Crippen molar-refractivity contribution in [3.8, 4) is 0 Å². The van der Waals surface area contributed by atoms with Crippen molar-refractivity contribution in [2.24, 2.45) is 5.92 Å². The number of hydrogen-bond donors (Lipinski definition) is 0. The van der Waals surface area contributed by atoms with E-state index in [1.807, 2.05) is 53.5 Å². The fourth-order valence-corrected chi connectivity index (χ4v) is 2.46. The standard InChI is InChI=1S/C16H15NO/c1-12-7-9-14(10-8-12)17-15-6-4-2-3-5-13(15)11-16(17)18/h2-10,13H,11H2,1H3. The summed E-state index contributed by atoms with van der Waals surface area (Å²) in [6, 6.07) is 8.10. The Morgan fingerprint density at radius 3 is 2.67 bits per heavy atom. The van der Waals surface area contributed by atoms with Crippen LogP contribution in [0.25, 0.3) is 0 Å². The molecule has 1 aromatic rings. The van der Waals surface area contributed by atoms with Crippen molar-refractivity contribution in [1.82, 2.24) is 0 Å². The number of benzene rings is 1. The molecule has 1 aliphatic carbocycles. The zero-order valence-electron chi connectivity index (χ0n) is 10.3. The minimum absolute atomic E-state index is 0.176. The molecule has 1 unspecified atom stereocenters. The molecule has 1 fully saturated rings. The van der Waals surface area contributed by atoms with Crippen LogP contribution in [0.3, 0.4) is 0 Å². The third-order valence-electron chi connectivity index (χ3n) is 3.41. The van der Waals surface area contributed by atoms with E-state index in [0.29, 0.717) is 6.42 Å². The molecule has 0 N–H and O–H groups in total. The van der Waals surface area contributed by atoms with Crippen LogP contribution in [-0.4, -0.2) is 5.91 Å². The maximum Gasteiger partial charge on any atom is 0.232 e. The summed E-state index contributed by atoms with van der Waals surface area (Å²) in [6.45, 7) is 2.05. The van der Waals surface area contributed by atoms with Gasteiger partial charge < -0.3 is 0 Å². The molecule has 2 nitrogen and oxygen atoms in total. The molecule has 3 rings (SSSR count). The van der Waals surface area contributed by atoms with Crippen LogP contribution in [0.1, 0.15) is 12.0 Å². The van der Waals surface area contributed by atoms with Crippen LogP contribution in [0.4, 0.5) is 5.69 Å². The quantitative estimate of drug-likeness (QED) is 0.733. The van der Waals surface area contributed by atoms with Crippen molar-refractivity contribution < 1.29 is 4.79 Å². The maximum absolute atomic E-state index is 12.2. The Hall–Kier alpha value is -2.09. The second kappa shape index (κ2) is 4.30. The lowest BCUT2D eigenvalue weighted by Gasteiger charge is -2.19. The predicted molar refractivity (Wildman–Crippen MR) is 73.1 cm³/mol. The summed E-state index contributed by atoms with van der Waals surface area (Å²) in [6.07, 6.45) is 10.7. The van der Waals surface area contributed by atoms with Crippen molar-refractivity contribution >= 4 is 11.6 Å². The highest BCUT2D eigenvalue weighted by molar-refractivity contribution is 6.00. The molecule has 0 spiro atoms. The molecule has 1 aromatic carbocycles. The monoisotopic (exact) mass is 237 g/mol. The smallest absolute Gasteiger partial charge is 0.232 e. The van der Waals surface area contributed by atoms with Crippen LogP contribution in [0.2, 0.25) is 0 Å². The van der Waals surface area contributed by atoms with Gasteiger partial charge in [-0.05, 0) is 25.1 Å². The third kappa shape index (κ3) is 1.80. The van der Waals surface area contributed by atoms with Gasteiger partial charge in [-0.1, -0.05) is 42.0 Å². The van der Waals surface area contributed by atoms with Gasteiger partial charge in [0.25, 0.3) is 0 Å². The first-order chi connectivity index (χ1) is 8.75. The van der Waals surface area contributed by atoms with Crippen molar-refractivity contribution in [2.45, 2.75) is 13.3 Å². The van der Waals surface area contributed by atoms with Crippen LogP contribution in [0, 0.1) is 12.8 Å². The molecule has 1 aliphatic heterocycles. The van der Waals surface area contributed by atoms with Gasteiger partial charge >= 0.3 is 0 Å². The fourth-order valence-electron chi connectivity index (χ4n) is 2.46. The zero-order valence-corrected chi connectivity index (χ0v) is 10.3. The number of carbonyl (C=O) groups excluding carboxylic acids is 1. The Kier molecular flexibility index (Phi) is 2.63. The molecule has 0 saturated carbocycles. The molecule has 0 aromatic heterocycles. The summed E-state index contributed by atoms with van der Waals surface area (Å²) in [7, 11) is 0. The van der Waals surface area contributed by atoms with E-state index in [-0.39, 0.29) is 11.8 Å². The van der Waals surface area contributed by atoms with Gasteiger partial charge in [-0.3, -0.25) is 9.69 Å². The summed E-state index contributed by atoms with van der Waals surface area (Å²) in [5.74, 6) is 0.392. The number of allylic oxidation sites excluding steroid dienone is 5. The first-order valence-electron chi connectivity index (χ1n) is 6.20. The summed E-state index contributed by atoms with van der Waals surface area (Å²) in [4.78, 5) is 14.0. The second-order valence-electron chi connectivity index (χ2n) is 4.74. The molecule has 2 heteroatoms. The maximum atomic E-state index is 12.2. The first kappa shape index (κ1) is 11.0. The lowest BCUT2D eigenvalue weighted by atomic mass is 10.1. The predicted octanol–water partition coefficient (Wildman–Crippen LogP) is 3.36. The Morgan fingerprint density at radius 1 is 1.11 bits per heavy atom. The van der Waals surface area contributed by atoms with Gasteiger partial charge in [0.15, 0.2) is 0 Å². The highest BCUT2D eigenvalue weighted by atomic mass is 16.2. The molecule has 2 aliphatic rings. The van der Waals surface area contributed by atoms with Crippen LogP contribution >= 0.6 is 0 Å². The molecule has 1 saturated heterocycles. The largest absolute Gasteiger partial charge is 0.284 e. The Bertz CT molecular complexity index is 563. The van der Waals surface area contributed by atoms with E-state index in [4.69, 9.17) is 0 Å². The number of aryl methyl sites for hydroxylation is 1. The van der Waals surface area contributed by atoms with Gasteiger partial charge in [0, 0.05) is 23.7 Å². The minimum Gasteiger partial charge on any atom is -0.284 e. The lowest BCUT2D eigenvalue weighted by molar-refractivity contribution is -0.117. The average Bonchev–Trinajstić information content (AvgIpc) is 2.54. The van der Waals surface area contributed by atoms with E-state index in [0.717, 1.165) is 11.4 Å². The van der Waals surface area contributed by atoms with Gasteiger partial charge in [0.05, 0.1) is 0 Å². The highest BCUT2D eigenvalue weighted by Crippen LogP contribution is 2.35. The molecular formula is C16H15NO. The normalized spacial score (nSPS) is 21.8. The highest BCUT2D eigenvalue weighted by Gasteiger charge is 2.34. The van der Waals surface area contributed by atoms with E-state index >= 15 is 0 Å². The van der Waals surface area contributed by atoms with Crippen molar-refractivity contribution in [1.29, 1.82) is 0 Å². The first-order valence-corrected chi connectivity index (χ1v) is 6.20. The summed E-state index contributed by atoms with van der Waals surface area (Å²) in [5, 5.41) is 0. The molecule has 1 atom stereocenters. The Morgan fingerprint density at radius 2 is 1.89 bits per heavy atom. The third-order valence-corrected chi connectivity index (χ3v) is 3.41. The fraction of sp³-hybridized carbons (Fsp3) is 0.188. The van der Waals surface area contributed by atoms with Gasteiger partial charge in [-0.25, -0.2) is 0 Å². The SMILES string of the molecule is Cc1ccc(N2C(=O)CC3C=CC=CC=C32)cc1. The Balaban J connectivity index is 2.03. The molecule has 1 heterocycles. The van der Waals surface area contributed by atoms with E-state index in [1.54, 1.807) is 0 Å². The topological polar surface area (TPSA) is 20.3 Å². The van der Waals surface area contributed by atoms with Gasteiger partial charge in [0.2, 0.25) is 5.91 Å². The molecule has 0 bridgehead atoms. The van der Waals surface area contributed by atoms with Crippen molar-refractivity contribution in [3.63, 3.8) is 0 Å². The van der Waals surface area contributed by atoms with E-state index < -0.39 is 0 Å². The minimum atomic E-state index is 0.176. The van der Waals surface area contributed by atoms with Crippen LogP contribution < -0.4 is 4.90 Å². The molecule has 0 radical (unpaired) electrons. The number of hydrogen-bond acceptors (Lipinski definition) is 1. The van der Waals surface area contributed by atoms with Crippen LogP contribution in [0.5, 0.6) is 0 Å². The van der Waals surface area contributed by atoms with Crippen LogP contribution in [-0.2, 0) is 4.79 Å². The molecule has 1 amide bonds. The average molecular weight is 237 g/mol. The van der Waals surface area contributed by atoms with Crippen LogP contribution in [0.15, 0.2) is 60.3 Å². The number of amides is 1. The number of anilines is 1. The van der Waals surface area contributed by atoms with Crippen molar-refractivity contribution in [2.75, 3.05) is 4.90 Å². The van der Waals surface area contributed by atoms with E-state index in [9.17, 15) is 4.79 Å². The van der Waals surface area contributed by atoms with E-state index in [2.05, 4.69) is 13.0 Å². The Labute approximate surface area is 107 Å². The van der Waals surface area contributed by atoms with Gasteiger partial charge in [0.1, 0.15) is 0 Å². The number of nitrogens with zero attached hydrogens (tertiary/aromatic N) is 1.